The molecule has 1 aliphatic rings. The SMILES string of the molecule is Cn1c(=O)n(Cc2ccc(Cl)c(Cl)c2)c(=O)c2cc(C(=O)NCC3=CNN(N)C=C3)ccc21. The van der Waals surface area contributed by atoms with E-state index in [9.17, 15) is 14.4 Å². The number of carbonyl (C=O) groups excluding carboxylic acids is 1. The van der Waals surface area contributed by atoms with Crippen LogP contribution in [0, 0.1) is 0 Å². The smallest absolute Gasteiger partial charge is 0.331 e. The zero-order chi connectivity index (χ0) is 23.7. The molecule has 170 valence electrons. The maximum absolute atomic E-state index is 13.2. The summed E-state index contributed by atoms with van der Waals surface area (Å²) in [7, 11) is 1.57. The minimum absolute atomic E-state index is 0.0143. The number of hydrogen-bond acceptors (Lipinski definition) is 6. The van der Waals surface area contributed by atoms with Crippen molar-refractivity contribution in [3.63, 3.8) is 0 Å². The maximum Gasteiger partial charge on any atom is 0.331 e. The number of hydrazine groups is 2. The molecule has 3 aromatic rings. The van der Waals surface area contributed by atoms with E-state index in [-0.39, 0.29) is 24.4 Å². The number of nitrogens with two attached hydrogens (primary N) is 1. The van der Waals surface area contributed by atoms with Gasteiger partial charge in [0, 0.05) is 31.6 Å². The number of amides is 1. The summed E-state index contributed by atoms with van der Waals surface area (Å²) in [6.45, 7) is 0.281. The number of hydrogen-bond donors (Lipinski definition) is 3. The van der Waals surface area contributed by atoms with Gasteiger partial charge < -0.3 is 5.32 Å². The van der Waals surface area contributed by atoms with Crippen LogP contribution in [0.2, 0.25) is 10.0 Å². The zero-order valence-corrected chi connectivity index (χ0v) is 19.0. The molecule has 0 radical (unpaired) electrons. The molecule has 1 amide bonds. The van der Waals surface area contributed by atoms with Crippen molar-refractivity contribution in [2.45, 2.75) is 6.54 Å². The van der Waals surface area contributed by atoms with Crippen LogP contribution in [0.25, 0.3) is 10.9 Å². The summed E-state index contributed by atoms with van der Waals surface area (Å²) >= 11 is 12.0. The van der Waals surface area contributed by atoms with Crippen LogP contribution in [0.1, 0.15) is 15.9 Å². The molecule has 4 N–H and O–H groups in total. The first-order valence-electron chi connectivity index (χ1n) is 9.87. The Morgan fingerprint density at radius 2 is 1.91 bits per heavy atom. The number of rotatable bonds is 5. The van der Waals surface area contributed by atoms with E-state index in [0.29, 0.717) is 26.7 Å². The number of nitrogens with zero attached hydrogens (tertiary/aromatic N) is 3. The Labute approximate surface area is 198 Å². The lowest BCUT2D eigenvalue weighted by atomic mass is 10.1. The number of aromatic nitrogens is 2. The number of benzene rings is 2. The predicted molar refractivity (Wildman–Crippen MR) is 128 cm³/mol. The molecule has 9 nitrogen and oxygen atoms in total. The fourth-order valence-corrected chi connectivity index (χ4v) is 3.76. The quantitative estimate of drug-likeness (QED) is 0.474. The molecule has 0 saturated carbocycles. The van der Waals surface area contributed by atoms with Gasteiger partial charge in [-0.2, -0.15) is 0 Å². The fraction of sp³-hybridized carbons (Fsp3) is 0.136. The molecule has 1 aliphatic heterocycles. The minimum atomic E-state index is -0.501. The van der Waals surface area contributed by atoms with Gasteiger partial charge in [0.25, 0.3) is 11.5 Å². The first-order chi connectivity index (χ1) is 15.7. The highest BCUT2D eigenvalue weighted by atomic mass is 35.5. The highest BCUT2D eigenvalue weighted by Gasteiger charge is 2.15. The van der Waals surface area contributed by atoms with Crippen molar-refractivity contribution in [3.05, 3.63) is 102 Å². The van der Waals surface area contributed by atoms with Crippen molar-refractivity contribution in [1.82, 2.24) is 25.0 Å². The van der Waals surface area contributed by atoms with Gasteiger partial charge in [0.15, 0.2) is 0 Å². The van der Waals surface area contributed by atoms with Crippen molar-refractivity contribution in [2.75, 3.05) is 6.54 Å². The summed E-state index contributed by atoms with van der Waals surface area (Å²) in [5.41, 5.74) is 4.00. The third-order valence-corrected chi connectivity index (χ3v) is 5.98. The molecular weight excluding hydrogens is 467 g/mol. The van der Waals surface area contributed by atoms with Crippen LogP contribution in [0.5, 0.6) is 0 Å². The Balaban J connectivity index is 1.65. The van der Waals surface area contributed by atoms with Crippen LogP contribution in [0.4, 0.5) is 0 Å². The van der Waals surface area contributed by atoms with Crippen molar-refractivity contribution in [1.29, 1.82) is 0 Å². The molecule has 0 bridgehead atoms. The van der Waals surface area contributed by atoms with Crippen LogP contribution < -0.4 is 27.8 Å². The lowest BCUT2D eigenvalue weighted by Gasteiger charge is -2.18. The van der Waals surface area contributed by atoms with Gasteiger partial charge in [0.1, 0.15) is 0 Å². The molecule has 2 aromatic carbocycles. The van der Waals surface area contributed by atoms with Gasteiger partial charge in [-0.15, -0.1) is 0 Å². The number of nitrogens with one attached hydrogen (secondary N) is 2. The van der Waals surface area contributed by atoms with Crippen LogP contribution in [-0.2, 0) is 13.6 Å². The van der Waals surface area contributed by atoms with E-state index in [0.717, 1.165) is 10.1 Å². The van der Waals surface area contributed by atoms with Gasteiger partial charge in [-0.3, -0.25) is 24.1 Å². The summed E-state index contributed by atoms with van der Waals surface area (Å²) in [5, 5.41) is 5.04. The van der Waals surface area contributed by atoms with Gasteiger partial charge in [-0.05, 0) is 47.5 Å². The van der Waals surface area contributed by atoms with E-state index in [1.165, 1.54) is 15.8 Å². The largest absolute Gasteiger partial charge is 0.348 e. The van der Waals surface area contributed by atoms with E-state index in [2.05, 4.69) is 10.7 Å². The molecule has 2 heterocycles. The van der Waals surface area contributed by atoms with Gasteiger partial charge in [0.05, 0.1) is 27.5 Å². The maximum atomic E-state index is 13.2. The normalized spacial score (nSPS) is 13.1. The Morgan fingerprint density at radius 3 is 2.61 bits per heavy atom. The first-order valence-corrected chi connectivity index (χ1v) is 10.6. The van der Waals surface area contributed by atoms with Crippen LogP contribution in [0.3, 0.4) is 0 Å². The van der Waals surface area contributed by atoms with Crippen LogP contribution in [0.15, 0.2) is 70.0 Å². The summed E-state index contributed by atoms with van der Waals surface area (Å²) in [4.78, 5) is 38.7. The lowest BCUT2D eigenvalue weighted by Crippen LogP contribution is -2.39. The molecule has 4 rings (SSSR count). The monoisotopic (exact) mass is 486 g/mol. The molecule has 33 heavy (non-hydrogen) atoms. The molecule has 1 aromatic heterocycles. The Kier molecular flexibility index (Phi) is 6.28. The Hall–Kier alpha value is -3.53. The topological polar surface area (TPSA) is 114 Å². The molecule has 0 unspecified atom stereocenters. The summed E-state index contributed by atoms with van der Waals surface area (Å²) in [6, 6.07) is 9.56. The van der Waals surface area contributed by atoms with E-state index in [1.807, 2.05) is 0 Å². The molecule has 11 heteroatoms. The first kappa shape index (κ1) is 22.7. The van der Waals surface area contributed by atoms with Crippen molar-refractivity contribution >= 4 is 40.0 Å². The Bertz CT molecular complexity index is 1440. The molecule has 0 spiro atoms. The fourth-order valence-electron chi connectivity index (χ4n) is 3.44. The average Bonchev–Trinajstić information content (AvgIpc) is 2.81. The molecule has 0 saturated heterocycles. The third-order valence-electron chi connectivity index (χ3n) is 5.24. The van der Waals surface area contributed by atoms with Gasteiger partial charge >= 0.3 is 5.69 Å². The van der Waals surface area contributed by atoms with Crippen molar-refractivity contribution < 1.29 is 4.79 Å². The Morgan fingerprint density at radius 1 is 1.12 bits per heavy atom. The second-order valence-electron chi connectivity index (χ2n) is 7.47. The number of halogens is 2. The van der Waals surface area contributed by atoms with Gasteiger partial charge in [0.2, 0.25) is 0 Å². The van der Waals surface area contributed by atoms with E-state index in [1.54, 1.807) is 55.9 Å². The van der Waals surface area contributed by atoms with Crippen molar-refractivity contribution in [2.24, 2.45) is 12.9 Å². The van der Waals surface area contributed by atoms with E-state index in [4.69, 9.17) is 29.0 Å². The van der Waals surface area contributed by atoms with E-state index >= 15 is 0 Å². The molecule has 0 fully saturated rings. The van der Waals surface area contributed by atoms with Gasteiger partial charge in [-0.1, -0.05) is 29.3 Å². The lowest BCUT2D eigenvalue weighted by molar-refractivity contribution is 0.0957. The summed E-state index contributed by atoms with van der Waals surface area (Å²) in [5.74, 6) is 5.19. The number of carbonyl (C=O) groups is 1. The van der Waals surface area contributed by atoms with Crippen LogP contribution in [-0.4, -0.2) is 26.7 Å². The summed E-state index contributed by atoms with van der Waals surface area (Å²) < 4.78 is 2.48. The second-order valence-corrected chi connectivity index (χ2v) is 8.28. The number of aryl methyl sites for hydroxylation is 1. The average molecular weight is 487 g/mol. The third kappa shape index (κ3) is 4.65. The standard InChI is InChI=1S/C22H20Cl2N6O3/c1-28-19-5-3-15(20(31)26-10-14-6-7-30(25)27-11-14)9-16(19)21(32)29(22(28)33)12-13-2-4-17(23)18(24)8-13/h2-9,11,27H,10,12,25H2,1H3,(H,26,31). The molecule has 0 atom stereocenters. The summed E-state index contributed by atoms with van der Waals surface area (Å²) in [6.07, 6.45) is 5.04. The van der Waals surface area contributed by atoms with Crippen LogP contribution >= 0.6 is 23.2 Å². The molecule has 0 aliphatic carbocycles. The molecular formula is C22H20Cl2N6O3. The highest BCUT2D eigenvalue weighted by molar-refractivity contribution is 6.42. The van der Waals surface area contributed by atoms with E-state index < -0.39 is 11.2 Å². The predicted octanol–water partition coefficient (Wildman–Crippen LogP) is 1.88. The minimum Gasteiger partial charge on any atom is -0.348 e. The zero-order valence-electron chi connectivity index (χ0n) is 17.5. The van der Waals surface area contributed by atoms with Gasteiger partial charge in [-0.25, -0.2) is 15.8 Å². The van der Waals surface area contributed by atoms with Crippen molar-refractivity contribution in [3.8, 4) is 0 Å². The second kappa shape index (κ2) is 9.14. The number of fused-ring (bicyclic) bond motifs is 1. The highest BCUT2D eigenvalue weighted by Crippen LogP contribution is 2.22.